The average Bonchev–Trinajstić information content (AvgIpc) is 3.37. The maximum absolute atomic E-state index is 11.7. The van der Waals surface area contributed by atoms with Crippen LogP contribution in [-0.4, -0.2) is 48.4 Å². The largest absolute Gasteiger partial charge is 0.443 e. The van der Waals surface area contributed by atoms with E-state index in [0.717, 1.165) is 49.0 Å². The summed E-state index contributed by atoms with van der Waals surface area (Å²) in [6.45, 7) is 3.13. The van der Waals surface area contributed by atoms with Crippen molar-refractivity contribution in [2.75, 3.05) is 26.7 Å². The number of likely N-dealkylation sites (tertiary alicyclic amines) is 1. The van der Waals surface area contributed by atoms with Crippen LogP contribution in [0.4, 0.5) is 0 Å². The van der Waals surface area contributed by atoms with Crippen LogP contribution in [0.3, 0.4) is 0 Å². The van der Waals surface area contributed by atoms with Crippen molar-refractivity contribution in [1.82, 2.24) is 20.5 Å². The first kappa shape index (κ1) is 17.1. The van der Waals surface area contributed by atoms with E-state index in [4.69, 9.17) is 4.42 Å². The van der Waals surface area contributed by atoms with Gasteiger partial charge in [0.1, 0.15) is 6.26 Å². The summed E-state index contributed by atoms with van der Waals surface area (Å²) in [5.74, 6) is 1.67. The number of hydrogen-bond donors (Lipinski definition) is 2. The smallest absolute Gasteiger partial charge is 0.236 e. The van der Waals surface area contributed by atoms with E-state index in [1.807, 2.05) is 17.5 Å². The third-order valence-corrected chi connectivity index (χ3v) is 5.94. The topological polar surface area (TPSA) is 82.8 Å². The first-order valence-corrected chi connectivity index (χ1v) is 9.76. The number of piperidine rings is 1. The summed E-state index contributed by atoms with van der Waals surface area (Å²) in [5.41, 5.74) is 0.895. The Bertz CT molecular complexity index is 800. The fourth-order valence-electron chi connectivity index (χ4n) is 3.83. The second-order valence-corrected chi connectivity index (χ2v) is 7.95. The number of amides is 1. The van der Waals surface area contributed by atoms with Crippen LogP contribution in [0.1, 0.15) is 25.0 Å². The van der Waals surface area contributed by atoms with Gasteiger partial charge in [0.15, 0.2) is 5.96 Å². The van der Waals surface area contributed by atoms with Crippen LogP contribution in [0.15, 0.2) is 33.2 Å². The highest BCUT2D eigenvalue weighted by molar-refractivity contribution is 7.13. The van der Waals surface area contributed by atoms with Gasteiger partial charge in [0.25, 0.3) is 0 Å². The molecule has 1 unspecified atom stereocenters. The van der Waals surface area contributed by atoms with E-state index in [1.54, 1.807) is 24.6 Å². The molecule has 2 N–H and O–H groups in total. The van der Waals surface area contributed by atoms with Crippen molar-refractivity contribution in [1.29, 1.82) is 0 Å². The normalized spacial score (nSPS) is 23.5. The quantitative estimate of drug-likeness (QED) is 0.636. The Labute approximate surface area is 156 Å². The minimum absolute atomic E-state index is 0.0488. The Morgan fingerprint density at radius 3 is 3.23 bits per heavy atom. The zero-order valence-corrected chi connectivity index (χ0v) is 15.6. The summed E-state index contributed by atoms with van der Waals surface area (Å²) in [7, 11) is 1.79. The lowest BCUT2D eigenvalue weighted by Gasteiger charge is -2.40. The highest BCUT2D eigenvalue weighted by Crippen LogP contribution is 2.36. The lowest BCUT2D eigenvalue weighted by molar-refractivity contribution is -0.119. The predicted octanol–water partition coefficient (Wildman–Crippen LogP) is 2.08. The van der Waals surface area contributed by atoms with Gasteiger partial charge in [0, 0.05) is 38.5 Å². The van der Waals surface area contributed by atoms with Crippen LogP contribution in [0.5, 0.6) is 0 Å². The number of nitrogens with zero attached hydrogens (tertiary/aromatic N) is 3. The third-order valence-electron chi connectivity index (χ3n) is 5.08. The molecule has 1 atom stereocenters. The van der Waals surface area contributed by atoms with E-state index in [0.29, 0.717) is 18.9 Å². The molecule has 0 aromatic carbocycles. The molecule has 1 amide bonds. The van der Waals surface area contributed by atoms with E-state index in [-0.39, 0.29) is 11.3 Å². The summed E-state index contributed by atoms with van der Waals surface area (Å²) in [6.07, 6.45) is 4.47. The number of rotatable bonds is 3. The van der Waals surface area contributed by atoms with Gasteiger partial charge in [-0.3, -0.25) is 9.79 Å². The van der Waals surface area contributed by atoms with Gasteiger partial charge >= 0.3 is 0 Å². The fraction of sp³-hybridized carbons (Fsp3) is 0.500. The molecule has 0 bridgehead atoms. The van der Waals surface area contributed by atoms with Crippen LogP contribution in [-0.2, 0) is 11.3 Å². The van der Waals surface area contributed by atoms with Crippen molar-refractivity contribution >= 4 is 23.2 Å². The zero-order chi connectivity index (χ0) is 18.0. The Kier molecular flexibility index (Phi) is 4.67. The van der Waals surface area contributed by atoms with Gasteiger partial charge in [0.05, 0.1) is 17.1 Å². The lowest BCUT2D eigenvalue weighted by atomic mass is 9.79. The number of thiophene rings is 1. The van der Waals surface area contributed by atoms with Crippen molar-refractivity contribution in [3.63, 3.8) is 0 Å². The highest BCUT2D eigenvalue weighted by Gasteiger charge is 2.42. The molecule has 8 heteroatoms. The van der Waals surface area contributed by atoms with Crippen LogP contribution in [0, 0.1) is 5.41 Å². The molecule has 4 rings (SSSR count). The van der Waals surface area contributed by atoms with Crippen molar-refractivity contribution in [3.05, 3.63) is 29.5 Å². The molecule has 26 heavy (non-hydrogen) atoms. The molecule has 0 radical (unpaired) electrons. The molecule has 4 heterocycles. The number of aromatic nitrogens is 1. The summed E-state index contributed by atoms with van der Waals surface area (Å²) < 4.78 is 5.57. The van der Waals surface area contributed by atoms with Crippen LogP contribution in [0.2, 0.25) is 0 Å². The van der Waals surface area contributed by atoms with Gasteiger partial charge in [-0.25, -0.2) is 4.98 Å². The molecule has 2 aliphatic rings. The van der Waals surface area contributed by atoms with E-state index in [1.165, 1.54) is 0 Å². The molecule has 2 aliphatic heterocycles. The third kappa shape index (κ3) is 3.46. The molecule has 2 fully saturated rings. The van der Waals surface area contributed by atoms with Gasteiger partial charge in [0.2, 0.25) is 11.8 Å². The highest BCUT2D eigenvalue weighted by atomic mass is 32.1. The summed E-state index contributed by atoms with van der Waals surface area (Å²) in [4.78, 5) is 23.9. The number of carbonyl (C=O) groups is 1. The molecular weight excluding hydrogens is 350 g/mol. The van der Waals surface area contributed by atoms with Crippen LogP contribution in [0.25, 0.3) is 10.8 Å². The number of aliphatic imine (C=N–C) groups is 1. The minimum atomic E-state index is 0.0488. The lowest BCUT2D eigenvalue weighted by Crippen LogP contribution is -2.51. The second-order valence-electron chi connectivity index (χ2n) is 7.00. The maximum atomic E-state index is 11.7. The van der Waals surface area contributed by atoms with Crippen molar-refractivity contribution < 1.29 is 9.21 Å². The predicted molar refractivity (Wildman–Crippen MR) is 101 cm³/mol. The Morgan fingerprint density at radius 1 is 1.58 bits per heavy atom. The van der Waals surface area contributed by atoms with Gasteiger partial charge < -0.3 is 20.0 Å². The first-order chi connectivity index (χ1) is 12.7. The van der Waals surface area contributed by atoms with Gasteiger partial charge in [-0.05, 0) is 24.3 Å². The number of carbonyl (C=O) groups excluding carboxylic acids is 1. The minimum Gasteiger partial charge on any atom is -0.443 e. The number of guanidine groups is 1. The van der Waals surface area contributed by atoms with Gasteiger partial charge in [-0.2, -0.15) is 0 Å². The molecule has 7 nitrogen and oxygen atoms in total. The van der Waals surface area contributed by atoms with Crippen LogP contribution < -0.4 is 10.6 Å². The average molecular weight is 373 g/mol. The van der Waals surface area contributed by atoms with Crippen LogP contribution >= 0.6 is 11.3 Å². The molecule has 1 spiro atoms. The summed E-state index contributed by atoms with van der Waals surface area (Å²) in [6, 6.07) is 3.98. The molecule has 138 valence electrons. The van der Waals surface area contributed by atoms with Crippen molar-refractivity contribution in [2.45, 2.75) is 25.8 Å². The molecule has 2 aromatic rings. The maximum Gasteiger partial charge on any atom is 0.236 e. The fourth-order valence-corrected chi connectivity index (χ4v) is 4.49. The van der Waals surface area contributed by atoms with Crippen molar-refractivity contribution in [2.24, 2.45) is 10.4 Å². The van der Waals surface area contributed by atoms with E-state index >= 15 is 0 Å². The zero-order valence-electron chi connectivity index (χ0n) is 14.8. The monoisotopic (exact) mass is 373 g/mol. The summed E-state index contributed by atoms with van der Waals surface area (Å²) in [5, 5.41) is 8.38. The van der Waals surface area contributed by atoms with Crippen molar-refractivity contribution in [3.8, 4) is 10.8 Å². The Morgan fingerprint density at radius 2 is 2.50 bits per heavy atom. The number of hydrogen-bond acceptors (Lipinski definition) is 5. The van der Waals surface area contributed by atoms with E-state index in [2.05, 4.69) is 25.5 Å². The first-order valence-electron chi connectivity index (χ1n) is 8.88. The standard InChI is InChI=1S/C18H23N5O2S/c1-19-17(23-6-3-5-18(12-23)8-15(24)21-11-18)20-9-13-10-25-16(22-13)14-4-2-7-26-14/h2,4,7,10H,3,5-6,8-9,11-12H2,1H3,(H,19,20)(H,21,24). The molecule has 0 aliphatic carbocycles. The molecule has 0 saturated carbocycles. The van der Waals surface area contributed by atoms with Gasteiger partial charge in [-0.15, -0.1) is 11.3 Å². The molecule has 2 aromatic heterocycles. The molecular formula is C18H23N5O2S. The second kappa shape index (κ2) is 7.11. The number of nitrogens with one attached hydrogen (secondary N) is 2. The Hall–Kier alpha value is -2.35. The SMILES string of the molecule is CN=C(NCc1coc(-c2cccs2)n1)N1CCCC2(CNC(=O)C2)C1. The summed E-state index contributed by atoms with van der Waals surface area (Å²) >= 11 is 1.61. The molecule has 2 saturated heterocycles. The Balaban J connectivity index is 1.38. The van der Waals surface area contributed by atoms with E-state index in [9.17, 15) is 4.79 Å². The van der Waals surface area contributed by atoms with E-state index < -0.39 is 0 Å². The number of oxazole rings is 1. The van der Waals surface area contributed by atoms with Gasteiger partial charge in [-0.1, -0.05) is 6.07 Å².